The Labute approximate surface area is 165 Å². The van der Waals surface area contributed by atoms with Gasteiger partial charge in [0.2, 0.25) is 0 Å². The third-order valence-corrected chi connectivity index (χ3v) is 5.50. The van der Waals surface area contributed by atoms with E-state index in [0.717, 1.165) is 10.9 Å². The molecule has 0 spiro atoms. The van der Waals surface area contributed by atoms with Gasteiger partial charge in [-0.1, -0.05) is 18.2 Å². The van der Waals surface area contributed by atoms with Gasteiger partial charge in [-0.05, 0) is 35.7 Å². The van der Waals surface area contributed by atoms with Gasteiger partial charge >= 0.3 is 5.97 Å². The number of carboxylic acids is 1. The molecule has 0 amide bonds. The second kappa shape index (κ2) is 6.57. The highest BCUT2D eigenvalue weighted by molar-refractivity contribution is 7.85. The molecule has 0 unspecified atom stereocenters. The highest BCUT2D eigenvalue weighted by Gasteiger charge is 2.27. The lowest BCUT2D eigenvalue weighted by atomic mass is 10.0. The highest BCUT2D eigenvalue weighted by Crippen LogP contribution is 2.46. The molecule has 148 valence electrons. The average molecular weight is 412 g/mol. The van der Waals surface area contributed by atoms with Gasteiger partial charge in [0, 0.05) is 16.5 Å². The molecule has 0 saturated heterocycles. The summed E-state index contributed by atoms with van der Waals surface area (Å²) in [7, 11) is -4.38. The van der Waals surface area contributed by atoms with Crippen LogP contribution in [0.2, 0.25) is 0 Å². The van der Waals surface area contributed by atoms with Crippen LogP contribution in [0, 0.1) is 0 Å². The summed E-state index contributed by atoms with van der Waals surface area (Å²) in [5, 5.41) is 10.6. The van der Waals surface area contributed by atoms with E-state index in [0.29, 0.717) is 33.4 Å². The van der Waals surface area contributed by atoms with E-state index < -0.39 is 16.1 Å². The van der Waals surface area contributed by atoms with Crippen molar-refractivity contribution in [3.63, 3.8) is 0 Å². The molecule has 0 radical (unpaired) electrons. The summed E-state index contributed by atoms with van der Waals surface area (Å²) < 4.78 is 32.8. The Bertz CT molecular complexity index is 1430. The molecular formula is C19H16N4O5S. The lowest BCUT2D eigenvalue weighted by molar-refractivity contribution is 0.0697. The minimum Gasteiger partial charge on any atom is -0.478 e. The van der Waals surface area contributed by atoms with Crippen LogP contribution in [0.3, 0.4) is 0 Å². The van der Waals surface area contributed by atoms with Gasteiger partial charge in [-0.3, -0.25) is 4.55 Å². The van der Waals surface area contributed by atoms with Crippen molar-refractivity contribution in [3.8, 4) is 22.5 Å². The average Bonchev–Trinajstić information content (AvgIpc) is 2.93. The maximum absolute atomic E-state index is 11.7. The molecule has 0 saturated carbocycles. The molecular weight excluding hydrogens is 396 g/mol. The van der Waals surface area contributed by atoms with Gasteiger partial charge in [0.1, 0.15) is 0 Å². The number of aromatic nitrogens is 2. The topological polar surface area (TPSA) is 187 Å². The van der Waals surface area contributed by atoms with Crippen molar-refractivity contribution in [1.29, 1.82) is 0 Å². The quantitative estimate of drug-likeness (QED) is 0.313. The van der Waals surface area contributed by atoms with E-state index in [-0.39, 0.29) is 22.8 Å². The minimum atomic E-state index is -4.38. The summed E-state index contributed by atoms with van der Waals surface area (Å²) in [4.78, 5) is 20.2. The van der Waals surface area contributed by atoms with Gasteiger partial charge in [-0.2, -0.15) is 8.42 Å². The Morgan fingerprint density at radius 3 is 2.24 bits per heavy atom. The molecule has 0 fully saturated rings. The number of rotatable bonds is 2. The molecule has 1 aromatic heterocycles. The van der Waals surface area contributed by atoms with Crippen LogP contribution in [-0.4, -0.2) is 34.0 Å². The second-order valence-electron chi connectivity index (χ2n) is 6.28. The SMILES string of the molecule is N.N.O=C(O)c1ccc2nc3c(nc2c1)-c1cccc2cc(S(=O)(=O)O)cc-3c12. The van der Waals surface area contributed by atoms with E-state index in [9.17, 15) is 22.9 Å². The molecule has 4 aromatic rings. The molecule has 0 bridgehead atoms. The standard InChI is InChI=1S/C19H10N2O5S.2H3N/c22-19(23)10-4-5-14-15(7-10)21-17-12-3-1-2-9-6-11(27(24,25)26)8-13(16(9)12)18(17)20-14;;/h1-8H,(H,22,23)(H,24,25,26);2*1H3. The van der Waals surface area contributed by atoms with Gasteiger partial charge in [-0.15, -0.1) is 0 Å². The lowest BCUT2D eigenvalue weighted by Crippen LogP contribution is -1.99. The molecule has 1 aliphatic carbocycles. The fourth-order valence-corrected chi connectivity index (χ4v) is 4.04. The predicted octanol–water partition coefficient (Wildman–Crippen LogP) is 3.70. The summed E-state index contributed by atoms with van der Waals surface area (Å²) >= 11 is 0. The first-order chi connectivity index (χ1) is 12.8. The molecule has 10 heteroatoms. The molecule has 8 N–H and O–H groups in total. The maximum atomic E-state index is 11.7. The largest absolute Gasteiger partial charge is 0.478 e. The first-order valence-electron chi connectivity index (χ1n) is 7.93. The number of hydrogen-bond acceptors (Lipinski definition) is 7. The van der Waals surface area contributed by atoms with Crippen LogP contribution < -0.4 is 12.3 Å². The summed E-state index contributed by atoms with van der Waals surface area (Å²) in [6.45, 7) is 0. The van der Waals surface area contributed by atoms with E-state index >= 15 is 0 Å². The zero-order chi connectivity index (χ0) is 18.9. The number of aromatic carboxylic acids is 1. The van der Waals surface area contributed by atoms with Crippen LogP contribution in [0.4, 0.5) is 0 Å². The summed E-state index contributed by atoms with van der Waals surface area (Å²) in [6, 6.07) is 12.6. The monoisotopic (exact) mass is 412 g/mol. The van der Waals surface area contributed by atoms with Crippen molar-refractivity contribution in [3.05, 3.63) is 54.1 Å². The molecule has 0 atom stereocenters. The maximum Gasteiger partial charge on any atom is 0.335 e. The van der Waals surface area contributed by atoms with E-state index in [1.807, 2.05) is 6.07 Å². The fraction of sp³-hybridized carbons (Fsp3) is 0. The molecule has 1 heterocycles. The van der Waals surface area contributed by atoms with E-state index in [2.05, 4.69) is 9.97 Å². The Morgan fingerprint density at radius 2 is 1.55 bits per heavy atom. The van der Waals surface area contributed by atoms with E-state index in [4.69, 9.17) is 0 Å². The number of carbonyl (C=O) groups is 1. The van der Waals surface area contributed by atoms with Gasteiger partial charge < -0.3 is 17.4 Å². The predicted molar refractivity (Wildman–Crippen MR) is 108 cm³/mol. The van der Waals surface area contributed by atoms with Crippen molar-refractivity contribution in [2.75, 3.05) is 0 Å². The Hall–Kier alpha value is -3.44. The summed E-state index contributed by atoms with van der Waals surface area (Å²) in [6.07, 6.45) is 0. The second-order valence-corrected chi connectivity index (χ2v) is 7.70. The van der Waals surface area contributed by atoms with E-state index in [1.54, 1.807) is 18.2 Å². The van der Waals surface area contributed by atoms with Crippen LogP contribution in [0.15, 0.2) is 53.4 Å². The van der Waals surface area contributed by atoms with Gasteiger partial charge in [0.25, 0.3) is 10.1 Å². The number of carboxylic acid groups (broad SMARTS) is 1. The Balaban J connectivity index is 0.00000120. The van der Waals surface area contributed by atoms with Gasteiger partial charge in [0.05, 0.1) is 32.9 Å². The molecule has 9 nitrogen and oxygen atoms in total. The molecule has 1 aliphatic rings. The lowest BCUT2D eigenvalue weighted by Gasteiger charge is -2.05. The van der Waals surface area contributed by atoms with Crippen molar-refractivity contribution >= 4 is 37.9 Å². The van der Waals surface area contributed by atoms with Gasteiger partial charge in [-0.25, -0.2) is 14.8 Å². The van der Waals surface area contributed by atoms with Crippen LogP contribution >= 0.6 is 0 Å². The fourth-order valence-electron chi connectivity index (χ4n) is 3.50. The minimum absolute atomic E-state index is 0. The Kier molecular flexibility index (Phi) is 4.60. The number of hydrogen-bond donors (Lipinski definition) is 4. The highest BCUT2D eigenvalue weighted by atomic mass is 32.2. The summed E-state index contributed by atoms with van der Waals surface area (Å²) in [5.41, 5.74) is 3.46. The smallest absolute Gasteiger partial charge is 0.335 e. The number of benzene rings is 3. The van der Waals surface area contributed by atoms with Crippen LogP contribution in [-0.2, 0) is 10.1 Å². The zero-order valence-corrected chi connectivity index (χ0v) is 15.8. The third-order valence-electron chi connectivity index (χ3n) is 4.67. The normalized spacial score (nSPS) is 11.6. The van der Waals surface area contributed by atoms with Crippen LogP contribution in [0.25, 0.3) is 44.3 Å². The van der Waals surface area contributed by atoms with Gasteiger partial charge in [0.15, 0.2) is 0 Å². The molecule has 0 aliphatic heterocycles. The first-order valence-corrected chi connectivity index (χ1v) is 9.37. The molecule has 5 rings (SSSR count). The van der Waals surface area contributed by atoms with Crippen molar-refractivity contribution in [2.45, 2.75) is 4.90 Å². The van der Waals surface area contributed by atoms with E-state index in [1.165, 1.54) is 24.3 Å². The summed E-state index contributed by atoms with van der Waals surface area (Å²) in [5.74, 6) is -1.05. The molecule has 3 aromatic carbocycles. The van der Waals surface area contributed by atoms with Crippen LogP contribution in [0.1, 0.15) is 10.4 Å². The Morgan fingerprint density at radius 1 is 0.862 bits per heavy atom. The van der Waals surface area contributed by atoms with Crippen LogP contribution in [0.5, 0.6) is 0 Å². The van der Waals surface area contributed by atoms with Crippen molar-refractivity contribution in [2.24, 2.45) is 0 Å². The van der Waals surface area contributed by atoms with Crippen molar-refractivity contribution < 1.29 is 22.9 Å². The number of nitrogens with zero attached hydrogens (tertiary/aromatic N) is 2. The zero-order valence-electron chi connectivity index (χ0n) is 15.0. The number of fused-ring (bicyclic) bond motifs is 4. The van der Waals surface area contributed by atoms with Crippen molar-refractivity contribution in [1.82, 2.24) is 22.3 Å². The first kappa shape index (κ1) is 20.3. The third kappa shape index (κ3) is 2.91. The molecule has 29 heavy (non-hydrogen) atoms.